The van der Waals surface area contributed by atoms with Gasteiger partial charge in [0.1, 0.15) is 11.6 Å². The van der Waals surface area contributed by atoms with Crippen LogP contribution in [0, 0.1) is 6.92 Å². The van der Waals surface area contributed by atoms with E-state index in [0.29, 0.717) is 17.3 Å². The molecule has 0 unspecified atom stereocenters. The smallest absolute Gasteiger partial charge is 0.255 e. The van der Waals surface area contributed by atoms with E-state index in [0.717, 1.165) is 36.6 Å². The van der Waals surface area contributed by atoms with Gasteiger partial charge < -0.3 is 10.6 Å². The molecule has 3 aromatic heterocycles. The maximum Gasteiger partial charge on any atom is 0.255 e. The predicted molar refractivity (Wildman–Crippen MR) is 124 cm³/mol. The third kappa shape index (κ3) is 5.70. The highest BCUT2D eigenvalue weighted by molar-refractivity contribution is 7.89. The molecule has 0 amide bonds. The summed E-state index contributed by atoms with van der Waals surface area (Å²) in [6.45, 7) is 1.91. The van der Waals surface area contributed by atoms with Gasteiger partial charge in [-0.3, -0.25) is 14.3 Å². The molecule has 32 heavy (non-hydrogen) atoms. The second kappa shape index (κ2) is 9.07. The van der Waals surface area contributed by atoms with E-state index in [1.54, 1.807) is 30.9 Å². The number of hydrogen-bond acceptors (Lipinski definition) is 8. The molecule has 3 aromatic rings. The minimum Gasteiger partial charge on any atom is -0.367 e. The van der Waals surface area contributed by atoms with Crippen LogP contribution in [0.2, 0.25) is 0 Å². The number of pyridine rings is 2. The Morgan fingerprint density at radius 1 is 0.969 bits per heavy atom. The zero-order valence-electron chi connectivity index (χ0n) is 18.0. The molecule has 2 N–H and O–H groups in total. The van der Waals surface area contributed by atoms with Crippen molar-refractivity contribution < 1.29 is 8.42 Å². The van der Waals surface area contributed by atoms with Crippen molar-refractivity contribution in [2.24, 2.45) is 0 Å². The van der Waals surface area contributed by atoms with Crippen LogP contribution in [0.25, 0.3) is 5.69 Å². The summed E-state index contributed by atoms with van der Waals surface area (Å²) in [7, 11) is -3.19. The second-order valence-electron chi connectivity index (χ2n) is 8.26. The van der Waals surface area contributed by atoms with Crippen molar-refractivity contribution in [3.63, 3.8) is 0 Å². The second-order valence-corrected chi connectivity index (χ2v) is 10.4. The molecular weight excluding hydrogens is 428 g/mol. The molecule has 3 heterocycles. The summed E-state index contributed by atoms with van der Waals surface area (Å²) in [6.07, 6.45) is 10.8. The quantitative estimate of drug-likeness (QED) is 0.558. The Kier molecular flexibility index (Phi) is 6.22. The zero-order valence-corrected chi connectivity index (χ0v) is 18.8. The van der Waals surface area contributed by atoms with Gasteiger partial charge in [0.2, 0.25) is 0 Å². The summed E-state index contributed by atoms with van der Waals surface area (Å²) in [4.78, 5) is 25.3. The lowest BCUT2D eigenvalue weighted by molar-refractivity contribution is 0.601. The Bertz CT molecular complexity index is 1240. The van der Waals surface area contributed by atoms with Gasteiger partial charge in [0.15, 0.2) is 9.84 Å². The Balaban J connectivity index is 1.39. The lowest BCUT2D eigenvalue weighted by Gasteiger charge is -2.16. The molecule has 1 fully saturated rings. The third-order valence-corrected chi connectivity index (χ3v) is 6.20. The number of sulfone groups is 1. The average molecular weight is 455 g/mol. The van der Waals surface area contributed by atoms with Gasteiger partial charge in [-0.05, 0) is 43.9 Å². The standard InChI is InChI=1S/C22H26N6O3S/c1-15-10-24-21(12-23-15)27-18-5-4-17(9-18)26-20-7-6-19(11-25-20)28-13-16(3-8-22(28)29)14-32(2,30)31/h3,6-8,10-13,17-18H,4-5,9,14H2,1-2H3,(H,24,27)(H,25,26)/t17-,18-/m0/s1. The van der Waals surface area contributed by atoms with E-state index in [2.05, 4.69) is 25.6 Å². The molecule has 1 aliphatic carbocycles. The number of anilines is 2. The molecule has 0 saturated heterocycles. The van der Waals surface area contributed by atoms with Gasteiger partial charge in [0.05, 0.1) is 35.7 Å². The van der Waals surface area contributed by atoms with E-state index in [9.17, 15) is 13.2 Å². The van der Waals surface area contributed by atoms with Crippen LogP contribution < -0.4 is 16.2 Å². The first-order valence-corrected chi connectivity index (χ1v) is 12.5. The number of aryl methyl sites for hydroxylation is 1. The number of nitrogens with one attached hydrogen (secondary N) is 2. The van der Waals surface area contributed by atoms with Crippen LogP contribution in [0.1, 0.15) is 30.5 Å². The number of hydrogen-bond donors (Lipinski definition) is 2. The molecule has 2 atom stereocenters. The summed E-state index contributed by atoms with van der Waals surface area (Å²) in [6, 6.07) is 7.14. The highest BCUT2D eigenvalue weighted by Crippen LogP contribution is 2.25. The van der Waals surface area contributed by atoms with Gasteiger partial charge in [-0.1, -0.05) is 6.07 Å². The summed E-state index contributed by atoms with van der Waals surface area (Å²) in [5.74, 6) is 1.40. The highest BCUT2D eigenvalue weighted by Gasteiger charge is 2.25. The fourth-order valence-corrected chi connectivity index (χ4v) is 4.64. The van der Waals surface area contributed by atoms with E-state index in [1.807, 2.05) is 13.0 Å². The predicted octanol–water partition coefficient (Wildman–Crippen LogP) is 2.32. The molecule has 10 heteroatoms. The van der Waals surface area contributed by atoms with E-state index in [1.165, 1.54) is 23.0 Å². The van der Waals surface area contributed by atoms with Crippen molar-refractivity contribution in [2.75, 3.05) is 16.9 Å². The monoisotopic (exact) mass is 454 g/mol. The van der Waals surface area contributed by atoms with Crippen molar-refractivity contribution in [3.05, 3.63) is 70.7 Å². The highest BCUT2D eigenvalue weighted by atomic mass is 32.2. The molecule has 168 valence electrons. The van der Waals surface area contributed by atoms with E-state index in [4.69, 9.17) is 0 Å². The lowest BCUT2D eigenvalue weighted by Crippen LogP contribution is -2.22. The van der Waals surface area contributed by atoms with Crippen LogP contribution in [0.4, 0.5) is 11.6 Å². The van der Waals surface area contributed by atoms with Gasteiger partial charge in [0.25, 0.3) is 5.56 Å². The summed E-state index contributed by atoms with van der Waals surface area (Å²) in [5, 5.41) is 6.87. The topological polar surface area (TPSA) is 119 Å². The summed E-state index contributed by atoms with van der Waals surface area (Å²) in [5.41, 5.74) is 1.78. The number of nitrogens with zero attached hydrogens (tertiary/aromatic N) is 4. The Hall–Kier alpha value is -3.27. The van der Waals surface area contributed by atoms with Gasteiger partial charge in [-0.25, -0.2) is 18.4 Å². The largest absolute Gasteiger partial charge is 0.367 e. The van der Waals surface area contributed by atoms with Crippen LogP contribution in [-0.4, -0.2) is 46.3 Å². The number of aromatic nitrogens is 4. The first-order chi connectivity index (χ1) is 15.2. The van der Waals surface area contributed by atoms with Gasteiger partial charge in [-0.15, -0.1) is 0 Å². The van der Waals surface area contributed by atoms with E-state index < -0.39 is 9.84 Å². The Morgan fingerprint density at radius 3 is 2.31 bits per heavy atom. The van der Waals surface area contributed by atoms with Crippen molar-refractivity contribution in [3.8, 4) is 5.69 Å². The normalized spacial score (nSPS) is 18.4. The van der Waals surface area contributed by atoms with E-state index in [-0.39, 0.29) is 17.4 Å². The van der Waals surface area contributed by atoms with Gasteiger partial charge in [-0.2, -0.15) is 0 Å². The molecule has 0 aliphatic heterocycles. The molecule has 1 saturated carbocycles. The van der Waals surface area contributed by atoms with Crippen LogP contribution in [0.5, 0.6) is 0 Å². The Labute approximate surface area is 186 Å². The van der Waals surface area contributed by atoms with Gasteiger partial charge in [0, 0.05) is 30.6 Å². The summed E-state index contributed by atoms with van der Waals surface area (Å²) >= 11 is 0. The van der Waals surface area contributed by atoms with Crippen molar-refractivity contribution in [2.45, 2.75) is 44.0 Å². The molecule has 0 radical (unpaired) electrons. The van der Waals surface area contributed by atoms with Crippen molar-refractivity contribution in [1.29, 1.82) is 0 Å². The first-order valence-electron chi connectivity index (χ1n) is 10.4. The minimum atomic E-state index is -3.19. The molecule has 0 bridgehead atoms. The lowest BCUT2D eigenvalue weighted by atomic mass is 10.2. The van der Waals surface area contributed by atoms with E-state index >= 15 is 0 Å². The summed E-state index contributed by atoms with van der Waals surface area (Å²) < 4.78 is 24.5. The molecular formula is C22H26N6O3S. The molecule has 0 aromatic carbocycles. The Morgan fingerprint density at radius 2 is 1.69 bits per heavy atom. The van der Waals surface area contributed by atoms with Crippen molar-refractivity contribution in [1.82, 2.24) is 19.5 Å². The maximum atomic E-state index is 12.3. The fraction of sp³-hybridized carbons (Fsp3) is 0.364. The van der Waals surface area contributed by atoms with Crippen molar-refractivity contribution >= 4 is 21.5 Å². The average Bonchev–Trinajstić information content (AvgIpc) is 3.17. The van der Waals surface area contributed by atoms with Crippen LogP contribution in [-0.2, 0) is 15.6 Å². The third-order valence-electron chi connectivity index (χ3n) is 5.34. The SMILES string of the molecule is Cc1cnc(N[C@H]2CC[C@H](Nc3ccc(-n4cc(CS(C)(=O)=O)ccc4=O)cn3)C2)cn1. The zero-order chi connectivity index (χ0) is 22.7. The molecule has 9 nitrogen and oxygen atoms in total. The van der Waals surface area contributed by atoms with Crippen LogP contribution in [0.15, 0.2) is 53.8 Å². The van der Waals surface area contributed by atoms with Gasteiger partial charge >= 0.3 is 0 Å². The maximum absolute atomic E-state index is 12.3. The van der Waals surface area contributed by atoms with Crippen LogP contribution in [0.3, 0.4) is 0 Å². The molecule has 1 aliphatic rings. The fourth-order valence-electron chi connectivity index (χ4n) is 3.86. The molecule has 0 spiro atoms. The number of rotatable bonds is 7. The molecule has 4 rings (SSSR count). The minimum absolute atomic E-state index is 0.120. The first kappa shape index (κ1) is 21.9. The van der Waals surface area contributed by atoms with Crippen LogP contribution >= 0.6 is 0 Å².